The molecule has 1 aromatic carbocycles. The van der Waals surface area contributed by atoms with Gasteiger partial charge in [-0.15, -0.1) is 0 Å². The molecule has 2 nitrogen and oxygen atoms in total. The molecule has 0 fully saturated rings. The summed E-state index contributed by atoms with van der Waals surface area (Å²) in [5.41, 5.74) is 1.96. The van der Waals surface area contributed by atoms with Crippen LogP contribution < -0.4 is 4.74 Å². The average molecular weight is 174 g/mol. The van der Waals surface area contributed by atoms with Gasteiger partial charge in [0.05, 0.1) is 7.85 Å². The number of esters is 1. The van der Waals surface area contributed by atoms with Crippen LogP contribution in [0.3, 0.4) is 0 Å². The van der Waals surface area contributed by atoms with E-state index in [1.54, 1.807) is 6.07 Å². The zero-order chi connectivity index (χ0) is 9.84. The lowest BCUT2D eigenvalue weighted by Gasteiger charge is -2.06. The van der Waals surface area contributed by atoms with Crippen LogP contribution in [-0.4, -0.2) is 13.8 Å². The minimum Gasteiger partial charge on any atom is -0.426 e. The first-order chi connectivity index (χ1) is 6.13. The fourth-order valence-electron chi connectivity index (χ4n) is 1.11. The van der Waals surface area contributed by atoms with Crippen LogP contribution in [-0.2, 0) is 11.1 Å². The summed E-state index contributed by atoms with van der Waals surface area (Å²) in [7, 11) is 5.46. The van der Waals surface area contributed by atoms with E-state index in [4.69, 9.17) is 12.6 Å². The zero-order valence-corrected chi connectivity index (χ0v) is 7.83. The van der Waals surface area contributed by atoms with E-state index in [2.05, 4.69) is 0 Å². The third kappa shape index (κ3) is 2.62. The van der Waals surface area contributed by atoms with Gasteiger partial charge < -0.3 is 4.74 Å². The second-order valence-electron chi connectivity index (χ2n) is 2.90. The molecule has 0 N–H and O–H groups in total. The highest BCUT2D eigenvalue weighted by molar-refractivity contribution is 6.08. The van der Waals surface area contributed by atoms with Crippen molar-refractivity contribution in [3.05, 3.63) is 29.3 Å². The molecule has 0 aromatic heterocycles. The van der Waals surface area contributed by atoms with Crippen molar-refractivity contribution >= 4 is 13.8 Å². The molecule has 0 saturated heterocycles. The molecule has 0 bridgehead atoms. The van der Waals surface area contributed by atoms with Gasteiger partial charge in [-0.3, -0.25) is 4.79 Å². The molecular weight excluding hydrogens is 163 g/mol. The molecule has 0 aliphatic heterocycles. The molecule has 1 aromatic rings. The maximum Gasteiger partial charge on any atom is 0.308 e. The lowest BCUT2D eigenvalue weighted by Crippen LogP contribution is -2.03. The van der Waals surface area contributed by atoms with Gasteiger partial charge in [0, 0.05) is 6.92 Å². The van der Waals surface area contributed by atoms with Gasteiger partial charge >= 0.3 is 5.97 Å². The normalized spacial score (nSPS) is 9.69. The Balaban J connectivity index is 2.91. The smallest absolute Gasteiger partial charge is 0.308 e. The first-order valence-electron chi connectivity index (χ1n) is 4.11. The second kappa shape index (κ2) is 4.12. The van der Waals surface area contributed by atoms with Crippen molar-refractivity contribution in [2.45, 2.75) is 20.2 Å². The molecule has 0 spiro atoms. The summed E-state index contributed by atoms with van der Waals surface area (Å²) in [6.07, 6.45) is 0.501. The van der Waals surface area contributed by atoms with Gasteiger partial charge in [0.15, 0.2) is 0 Å². The van der Waals surface area contributed by atoms with Gasteiger partial charge in [0.2, 0.25) is 0 Å². The van der Waals surface area contributed by atoms with Gasteiger partial charge in [0.25, 0.3) is 0 Å². The van der Waals surface area contributed by atoms with E-state index in [0.29, 0.717) is 12.1 Å². The molecule has 3 heteroatoms. The van der Waals surface area contributed by atoms with Crippen molar-refractivity contribution < 1.29 is 9.53 Å². The molecule has 0 atom stereocenters. The molecule has 66 valence electrons. The predicted molar refractivity (Wildman–Crippen MR) is 51.9 cm³/mol. The van der Waals surface area contributed by atoms with Gasteiger partial charge in [-0.25, -0.2) is 0 Å². The van der Waals surface area contributed by atoms with Crippen molar-refractivity contribution in [2.75, 3.05) is 0 Å². The van der Waals surface area contributed by atoms with Crippen LogP contribution in [0.25, 0.3) is 0 Å². The number of carbonyl (C=O) groups excluding carboxylic acids is 1. The van der Waals surface area contributed by atoms with Gasteiger partial charge in [-0.05, 0) is 18.6 Å². The highest BCUT2D eigenvalue weighted by atomic mass is 16.5. The standard InChI is InChI=1S/C10H11BO2/c1-7-5-9(6-11)3-4-10(7)13-8(2)12/h3-5H,6H2,1-2H3. The SMILES string of the molecule is [B]Cc1ccc(OC(C)=O)c(C)c1. The summed E-state index contributed by atoms with van der Waals surface area (Å²) < 4.78 is 4.96. The number of benzene rings is 1. The minimum atomic E-state index is -0.302. The number of rotatable bonds is 2. The number of ether oxygens (including phenoxy) is 1. The minimum absolute atomic E-state index is 0.302. The molecule has 0 heterocycles. The van der Waals surface area contributed by atoms with E-state index in [0.717, 1.165) is 11.1 Å². The maximum atomic E-state index is 10.7. The highest BCUT2D eigenvalue weighted by Gasteiger charge is 2.02. The van der Waals surface area contributed by atoms with Crippen molar-refractivity contribution in [1.29, 1.82) is 0 Å². The lowest BCUT2D eigenvalue weighted by atomic mass is 9.96. The molecular formula is C10H11BO2. The van der Waals surface area contributed by atoms with Crippen molar-refractivity contribution in [3.8, 4) is 5.75 Å². The summed E-state index contributed by atoms with van der Waals surface area (Å²) in [6.45, 7) is 3.27. The largest absolute Gasteiger partial charge is 0.426 e. The predicted octanol–water partition coefficient (Wildman–Crippen LogP) is 1.59. The topological polar surface area (TPSA) is 26.3 Å². The van der Waals surface area contributed by atoms with Crippen LogP contribution in [0.2, 0.25) is 0 Å². The second-order valence-corrected chi connectivity index (χ2v) is 2.90. The maximum absolute atomic E-state index is 10.7. The summed E-state index contributed by atoms with van der Waals surface area (Å²) in [4.78, 5) is 10.7. The Kier molecular flexibility index (Phi) is 3.12. The van der Waals surface area contributed by atoms with E-state index in [-0.39, 0.29) is 5.97 Å². The van der Waals surface area contributed by atoms with Crippen LogP contribution in [0, 0.1) is 6.92 Å². The highest BCUT2D eigenvalue weighted by Crippen LogP contribution is 2.19. The Morgan fingerprint density at radius 3 is 2.69 bits per heavy atom. The summed E-state index contributed by atoms with van der Waals surface area (Å²) in [5.74, 6) is 0.299. The zero-order valence-electron chi connectivity index (χ0n) is 7.83. The van der Waals surface area contributed by atoms with Gasteiger partial charge in [-0.2, -0.15) is 0 Å². The third-order valence-electron chi connectivity index (χ3n) is 1.73. The van der Waals surface area contributed by atoms with Crippen LogP contribution >= 0.6 is 0 Å². The van der Waals surface area contributed by atoms with Crippen molar-refractivity contribution in [1.82, 2.24) is 0 Å². The van der Waals surface area contributed by atoms with Crippen LogP contribution in [0.5, 0.6) is 5.75 Å². The number of carbonyl (C=O) groups is 1. The van der Waals surface area contributed by atoms with E-state index in [1.807, 2.05) is 19.1 Å². The Hall–Kier alpha value is -1.25. The number of hydrogen-bond donors (Lipinski definition) is 0. The van der Waals surface area contributed by atoms with E-state index >= 15 is 0 Å². The molecule has 0 aliphatic carbocycles. The quantitative estimate of drug-likeness (QED) is 0.386. The third-order valence-corrected chi connectivity index (χ3v) is 1.73. The molecule has 13 heavy (non-hydrogen) atoms. The van der Waals surface area contributed by atoms with Crippen LogP contribution in [0.15, 0.2) is 18.2 Å². The van der Waals surface area contributed by atoms with Gasteiger partial charge in [-0.1, -0.05) is 24.0 Å². The number of aryl methyl sites for hydroxylation is 1. The van der Waals surface area contributed by atoms with E-state index < -0.39 is 0 Å². The first-order valence-corrected chi connectivity index (χ1v) is 4.11. The monoisotopic (exact) mass is 174 g/mol. The summed E-state index contributed by atoms with van der Waals surface area (Å²) in [5, 5.41) is 0. The van der Waals surface area contributed by atoms with Crippen LogP contribution in [0.4, 0.5) is 0 Å². The summed E-state index contributed by atoms with van der Waals surface area (Å²) >= 11 is 0. The average Bonchev–Trinajstić information content (AvgIpc) is 2.08. The Morgan fingerprint density at radius 1 is 1.54 bits per heavy atom. The van der Waals surface area contributed by atoms with E-state index in [1.165, 1.54) is 6.92 Å². The molecule has 0 amide bonds. The molecule has 2 radical (unpaired) electrons. The molecule has 0 aliphatic rings. The lowest BCUT2D eigenvalue weighted by molar-refractivity contribution is -0.131. The van der Waals surface area contributed by atoms with Crippen molar-refractivity contribution in [2.24, 2.45) is 0 Å². The first kappa shape index (κ1) is 9.84. The number of hydrogen-bond acceptors (Lipinski definition) is 2. The molecule has 0 saturated carbocycles. The molecule has 0 unspecified atom stereocenters. The Bertz CT molecular complexity index is 321. The fraction of sp³-hybridized carbons (Fsp3) is 0.300. The Morgan fingerprint density at radius 2 is 2.23 bits per heavy atom. The van der Waals surface area contributed by atoms with E-state index in [9.17, 15) is 4.79 Å². The molecule has 1 rings (SSSR count). The van der Waals surface area contributed by atoms with Gasteiger partial charge in [0.1, 0.15) is 5.75 Å². The Labute approximate surface area is 79.3 Å². The van der Waals surface area contributed by atoms with Crippen molar-refractivity contribution in [3.63, 3.8) is 0 Å². The fourth-order valence-corrected chi connectivity index (χ4v) is 1.11. The summed E-state index contributed by atoms with van der Waals surface area (Å²) in [6, 6.07) is 5.53. The van der Waals surface area contributed by atoms with Crippen LogP contribution in [0.1, 0.15) is 18.1 Å².